The van der Waals surface area contributed by atoms with Gasteiger partial charge in [0, 0.05) is 36.3 Å². The molecule has 1 amide bonds. The van der Waals surface area contributed by atoms with Gasteiger partial charge in [-0.3, -0.25) is 14.5 Å². The quantitative estimate of drug-likeness (QED) is 0.398. The Morgan fingerprint density at radius 3 is 2.59 bits per heavy atom. The number of rotatable bonds is 9. The number of benzene rings is 1. The fourth-order valence-corrected chi connectivity index (χ4v) is 4.36. The predicted molar refractivity (Wildman–Crippen MR) is 109 cm³/mol. The number of amides is 1. The van der Waals surface area contributed by atoms with Gasteiger partial charge in [-0.05, 0) is 42.2 Å². The van der Waals surface area contributed by atoms with Gasteiger partial charge in [-0.2, -0.15) is 0 Å². The van der Waals surface area contributed by atoms with Gasteiger partial charge in [0.15, 0.2) is 6.29 Å². The summed E-state index contributed by atoms with van der Waals surface area (Å²) in [7, 11) is 5.94. The fourth-order valence-electron chi connectivity index (χ4n) is 4.36. The summed E-state index contributed by atoms with van der Waals surface area (Å²) >= 11 is 0. The normalized spacial score (nSPS) is 24.8. The number of carbonyl (C=O) groups excluding carboxylic acids is 2. The van der Waals surface area contributed by atoms with Gasteiger partial charge in [-0.25, -0.2) is 0 Å². The molecule has 4 unspecified atom stereocenters. The van der Waals surface area contributed by atoms with Crippen LogP contribution in [0.3, 0.4) is 0 Å². The van der Waals surface area contributed by atoms with Gasteiger partial charge in [0.2, 0.25) is 5.91 Å². The van der Waals surface area contributed by atoms with Crippen molar-refractivity contribution in [2.75, 3.05) is 18.8 Å². The second-order valence-corrected chi connectivity index (χ2v) is 8.39. The van der Waals surface area contributed by atoms with E-state index in [1.165, 1.54) is 0 Å². The lowest BCUT2D eigenvalue weighted by Gasteiger charge is -2.45. The Kier molecular flexibility index (Phi) is 5.94. The maximum atomic E-state index is 11.7. The van der Waals surface area contributed by atoms with Crippen molar-refractivity contribution < 1.29 is 9.59 Å². The second-order valence-electron chi connectivity index (χ2n) is 8.39. The molecule has 4 N–H and O–H groups in total. The maximum absolute atomic E-state index is 11.7. The SMILES string of the molecule is [B]C1CC1c1ccc(CC2CN(C(CC)CC(C)C(N)=O)C2)c(C=O)c1N. The molecule has 1 aliphatic heterocycles. The van der Waals surface area contributed by atoms with Crippen molar-refractivity contribution in [1.29, 1.82) is 0 Å². The minimum atomic E-state index is -0.230. The van der Waals surface area contributed by atoms with Crippen LogP contribution in [0.5, 0.6) is 0 Å². The molecule has 1 heterocycles. The summed E-state index contributed by atoms with van der Waals surface area (Å²) in [4.78, 5) is 25.4. The first-order valence-electron chi connectivity index (χ1n) is 10.0. The highest BCUT2D eigenvalue weighted by atomic mass is 16.1. The monoisotopic (exact) mass is 367 g/mol. The Bertz CT molecular complexity index is 718. The van der Waals surface area contributed by atoms with Crippen LogP contribution >= 0.6 is 0 Å². The number of anilines is 1. The lowest BCUT2D eigenvalue weighted by atomic mass is 9.85. The standard InChI is InChI=1S/C21H30BN3O2/c1-3-15(6-12(2)21(24)27)25-9-13(10-25)7-14-4-5-16(17-8-19(17)22)20(23)18(14)11-26/h4-5,11-13,15,17,19H,3,6-10,23H2,1-2H3,(H2,24,27). The summed E-state index contributed by atoms with van der Waals surface area (Å²) in [5, 5.41) is 0. The number of nitrogens with zero attached hydrogens (tertiary/aromatic N) is 1. The first-order valence-corrected chi connectivity index (χ1v) is 10.0. The highest BCUT2D eigenvalue weighted by Gasteiger charge is 2.36. The molecule has 4 atom stereocenters. The van der Waals surface area contributed by atoms with E-state index in [0.29, 0.717) is 29.1 Å². The smallest absolute Gasteiger partial charge is 0.220 e. The van der Waals surface area contributed by atoms with E-state index in [9.17, 15) is 9.59 Å². The lowest BCUT2D eigenvalue weighted by molar-refractivity contribution is -0.122. The molecule has 6 heteroatoms. The molecule has 3 rings (SSSR count). The maximum Gasteiger partial charge on any atom is 0.220 e. The lowest BCUT2D eigenvalue weighted by Crippen LogP contribution is -2.53. The highest BCUT2D eigenvalue weighted by molar-refractivity contribution is 6.14. The third-order valence-corrected chi connectivity index (χ3v) is 6.36. The van der Waals surface area contributed by atoms with E-state index in [1.807, 2.05) is 6.92 Å². The molecule has 1 saturated carbocycles. The van der Waals surface area contributed by atoms with Crippen molar-refractivity contribution >= 4 is 25.7 Å². The molecule has 5 nitrogen and oxygen atoms in total. The van der Waals surface area contributed by atoms with Gasteiger partial charge in [0.25, 0.3) is 0 Å². The summed E-state index contributed by atoms with van der Waals surface area (Å²) in [5.41, 5.74) is 15.0. The van der Waals surface area contributed by atoms with E-state index in [-0.39, 0.29) is 17.6 Å². The second kappa shape index (κ2) is 8.05. The molecule has 2 fully saturated rings. The fraction of sp³-hybridized carbons (Fsp3) is 0.619. The van der Waals surface area contributed by atoms with Crippen molar-refractivity contribution in [3.63, 3.8) is 0 Å². The van der Waals surface area contributed by atoms with E-state index in [4.69, 9.17) is 19.3 Å². The van der Waals surface area contributed by atoms with Crippen molar-refractivity contribution in [2.45, 2.75) is 57.3 Å². The van der Waals surface area contributed by atoms with Crippen LogP contribution in [-0.2, 0) is 11.2 Å². The Morgan fingerprint density at radius 2 is 2.07 bits per heavy atom. The molecular weight excluding hydrogens is 337 g/mol. The molecule has 0 spiro atoms. The van der Waals surface area contributed by atoms with Gasteiger partial charge >= 0.3 is 0 Å². The van der Waals surface area contributed by atoms with Crippen LogP contribution in [0.4, 0.5) is 5.69 Å². The zero-order chi connectivity index (χ0) is 19.7. The number of nitrogen functional groups attached to an aromatic ring is 1. The summed E-state index contributed by atoms with van der Waals surface area (Å²) in [6, 6.07) is 4.49. The summed E-state index contributed by atoms with van der Waals surface area (Å²) in [5.74, 6) is 0.653. The third kappa shape index (κ3) is 4.21. The zero-order valence-corrected chi connectivity index (χ0v) is 16.4. The number of aldehydes is 1. The van der Waals surface area contributed by atoms with E-state index in [2.05, 4.69) is 24.0 Å². The molecule has 2 radical (unpaired) electrons. The average molecular weight is 367 g/mol. The van der Waals surface area contributed by atoms with Crippen molar-refractivity contribution in [2.24, 2.45) is 17.6 Å². The van der Waals surface area contributed by atoms with Crippen molar-refractivity contribution in [3.8, 4) is 0 Å². The Balaban J connectivity index is 1.60. The molecule has 1 saturated heterocycles. The van der Waals surface area contributed by atoms with Crippen LogP contribution in [0.25, 0.3) is 0 Å². The van der Waals surface area contributed by atoms with E-state index >= 15 is 0 Å². The molecule has 27 heavy (non-hydrogen) atoms. The Morgan fingerprint density at radius 1 is 1.41 bits per heavy atom. The largest absolute Gasteiger partial charge is 0.398 e. The van der Waals surface area contributed by atoms with Gasteiger partial charge in [-0.1, -0.05) is 38.2 Å². The first-order chi connectivity index (χ1) is 12.8. The highest BCUT2D eigenvalue weighted by Crippen LogP contribution is 2.52. The molecule has 1 aliphatic carbocycles. The van der Waals surface area contributed by atoms with Gasteiger partial charge in [0.1, 0.15) is 0 Å². The van der Waals surface area contributed by atoms with Crippen LogP contribution in [0.2, 0.25) is 5.82 Å². The van der Waals surface area contributed by atoms with Crippen LogP contribution in [0, 0.1) is 11.8 Å². The Hall–Kier alpha value is -1.82. The van der Waals surface area contributed by atoms with Crippen molar-refractivity contribution in [3.05, 3.63) is 28.8 Å². The van der Waals surface area contributed by atoms with Crippen LogP contribution in [-0.4, -0.2) is 44.1 Å². The molecule has 2 aliphatic rings. The molecule has 144 valence electrons. The number of hydrogen-bond acceptors (Lipinski definition) is 4. The molecule has 0 aromatic heterocycles. The van der Waals surface area contributed by atoms with Gasteiger partial charge < -0.3 is 11.5 Å². The first kappa shape index (κ1) is 19.9. The van der Waals surface area contributed by atoms with Crippen molar-refractivity contribution in [1.82, 2.24) is 4.90 Å². The number of carbonyl (C=O) groups is 2. The van der Waals surface area contributed by atoms with E-state index in [1.54, 1.807) is 0 Å². The summed E-state index contributed by atoms with van der Waals surface area (Å²) in [6.07, 6.45) is 4.51. The van der Waals surface area contributed by atoms with Gasteiger partial charge in [-0.15, -0.1) is 0 Å². The summed E-state index contributed by atoms with van der Waals surface area (Å²) < 4.78 is 0. The van der Waals surface area contributed by atoms with Crippen LogP contribution < -0.4 is 11.5 Å². The molecule has 1 aromatic carbocycles. The van der Waals surface area contributed by atoms with Crippen LogP contribution in [0.1, 0.15) is 60.5 Å². The van der Waals surface area contributed by atoms with E-state index in [0.717, 1.165) is 56.2 Å². The van der Waals surface area contributed by atoms with E-state index < -0.39 is 0 Å². The predicted octanol–water partition coefficient (Wildman–Crippen LogP) is 2.29. The minimum Gasteiger partial charge on any atom is -0.398 e. The summed E-state index contributed by atoms with van der Waals surface area (Å²) in [6.45, 7) is 6.02. The zero-order valence-electron chi connectivity index (χ0n) is 16.4. The minimum absolute atomic E-state index is 0.100. The number of likely N-dealkylation sites (tertiary alicyclic amines) is 1. The number of primary amides is 1. The topological polar surface area (TPSA) is 89.4 Å². The molecule has 1 aromatic rings. The average Bonchev–Trinajstić information content (AvgIpc) is 3.32. The molecule has 0 bridgehead atoms. The third-order valence-electron chi connectivity index (χ3n) is 6.36. The molecular formula is C21H30BN3O2. The number of hydrogen-bond donors (Lipinski definition) is 2. The van der Waals surface area contributed by atoms with Crippen LogP contribution in [0.15, 0.2) is 12.1 Å². The van der Waals surface area contributed by atoms with Gasteiger partial charge in [0.05, 0.1) is 7.85 Å². The number of nitrogens with two attached hydrogens (primary N) is 2. The Labute approximate surface area is 163 Å².